The molecule has 1 aliphatic heterocycles. The normalized spacial score (nSPS) is 18.7. The number of methoxy groups -OCH3 is 1. The van der Waals surface area contributed by atoms with Gasteiger partial charge < -0.3 is 15.2 Å². The summed E-state index contributed by atoms with van der Waals surface area (Å²) in [6, 6.07) is 9.97. The Morgan fingerprint density at radius 1 is 1.30 bits per heavy atom. The number of nitrogens with zero attached hydrogens (tertiary/aromatic N) is 2. The maximum Gasteiger partial charge on any atom is 0.330 e. The number of pyridine rings is 1. The number of β-lactam (4-membered cyclic amide) rings is 1. The molecule has 2 atom stereocenters. The first-order chi connectivity index (χ1) is 13.0. The summed E-state index contributed by atoms with van der Waals surface area (Å²) in [5.41, 5.74) is 7.29. The first kappa shape index (κ1) is 19.0. The predicted molar refractivity (Wildman–Crippen MR) is 105 cm³/mol. The number of carbonyl (C=O) groups excluding carboxylic acids is 2. The van der Waals surface area contributed by atoms with Crippen LogP contribution in [0.4, 0.5) is 11.5 Å². The topological polar surface area (TPSA) is 94.8 Å². The summed E-state index contributed by atoms with van der Waals surface area (Å²) in [4.78, 5) is 30.7. The van der Waals surface area contributed by atoms with Crippen LogP contribution >= 0.6 is 11.8 Å². The molecule has 1 aromatic heterocycles. The number of nitrogen functional groups attached to an aromatic ring is 1. The second-order valence-electron chi connectivity index (χ2n) is 5.92. The molecule has 0 bridgehead atoms. The lowest BCUT2D eigenvalue weighted by Gasteiger charge is -2.44. The van der Waals surface area contributed by atoms with Gasteiger partial charge in [0.15, 0.2) is 6.04 Å². The van der Waals surface area contributed by atoms with Crippen molar-refractivity contribution >= 4 is 35.1 Å². The molecule has 2 heterocycles. The Kier molecular flexibility index (Phi) is 5.85. The van der Waals surface area contributed by atoms with Gasteiger partial charge >= 0.3 is 5.97 Å². The van der Waals surface area contributed by atoms with E-state index in [1.54, 1.807) is 50.6 Å². The minimum absolute atomic E-state index is 0.120. The highest BCUT2D eigenvalue weighted by Gasteiger charge is 2.53. The average molecular weight is 387 g/mol. The Bertz CT molecular complexity index is 828. The van der Waals surface area contributed by atoms with Gasteiger partial charge in [-0.25, -0.2) is 9.78 Å². The van der Waals surface area contributed by atoms with Gasteiger partial charge in [-0.15, -0.1) is 11.8 Å². The van der Waals surface area contributed by atoms with Crippen molar-refractivity contribution in [2.75, 3.05) is 24.4 Å². The van der Waals surface area contributed by atoms with Crippen molar-refractivity contribution in [3.8, 4) is 5.75 Å². The highest BCUT2D eigenvalue weighted by molar-refractivity contribution is 8.00. The van der Waals surface area contributed by atoms with Gasteiger partial charge in [0.25, 0.3) is 0 Å². The molecule has 0 radical (unpaired) electrons. The zero-order valence-electron chi connectivity index (χ0n) is 15.1. The second-order valence-corrected chi connectivity index (χ2v) is 7.05. The monoisotopic (exact) mass is 387 g/mol. The van der Waals surface area contributed by atoms with Gasteiger partial charge in [-0.1, -0.05) is 0 Å². The van der Waals surface area contributed by atoms with Crippen molar-refractivity contribution in [1.82, 2.24) is 4.98 Å². The van der Waals surface area contributed by atoms with Crippen LogP contribution in [-0.2, 0) is 20.1 Å². The molecule has 1 aromatic carbocycles. The Morgan fingerprint density at radius 2 is 2.04 bits per heavy atom. The summed E-state index contributed by atoms with van der Waals surface area (Å²) in [6.07, 6.45) is 1.63. The number of aromatic nitrogens is 1. The number of thioether (sulfide) groups is 1. The molecule has 2 aromatic rings. The molecular weight excluding hydrogens is 366 g/mol. The lowest BCUT2D eigenvalue weighted by molar-refractivity contribution is -0.149. The van der Waals surface area contributed by atoms with Crippen LogP contribution < -0.4 is 15.4 Å². The fraction of sp³-hybridized carbons (Fsp3) is 0.316. The number of rotatable bonds is 7. The van der Waals surface area contributed by atoms with Crippen LogP contribution in [0.2, 0.25) is 0 Å². The van der Waals surface area contributed by atoms with Gasteiger partial charge in [0.1, 0.15) is 16.8 Å². The molecule has 142 valence electrons. The highest BCUT2D eigenvalue weighted by atomic mass is 32.2. The minimum Gasteiger partial charge on any atom is -0.497 e. The third-order valence-electron chi connectivity index (χ3n) is 4.20. The molecule has 1 fully saturated rings. The van der Waals surface area contributed by atoms with Crippen molar-refractivity contribution in [3.05, 3.63) is 48.2 Å². The lowest BCUT2D eigenvalue weighted by Crippen LogP contribution is -2.67. The number of hydrogen-bond acceptors (Lipinski definition) is 7. The van der Waals surface area contributed by atoms with E-state index in [1.165, 1.54) is 16.7 Å². The Labute approximate surface area is 161 Å². The van der Waals surface area contributed by atoms with Gasteiger partial charge in [-0.3, -0.25) is 9.69 Å². The van der Waals surface area contributed by atoms with Crippen LogP contribution in [0.1, 0.15) is 12.5 Å². The van der Waals surface area contributed by atoms with E-state index in [1.807, 2.05) is 6.07 Å². The van der Waals surface area contributed by atoms with Crippen LogP contribution in [0.3, 0.4) is 0 Å². The third kappa shape index (κ3) is 4.00. The predicted octanol–water partition coefficient (Wildman–Crippen LogP) is 2.25. The Hall–Kier alpha value is -2.74. The Balaban J connectivity index is 1.77. The SMILES string of the molecule is CCOC(=O)[C@@H]1[C@@H](SCc2ccnc(N)c2)C(=O)N1c1ccc(OC)cc1. The van der Waals surface area contributed by atoms with Crippen LogP contribution in [0.15, 0.2) is 42.6 Å². The largest absolute Gasteiger partial charge is 0.497 e. The van der Waals surface area contributed by atoms with Crippen molar-refractivity contribution in [2.45, 2.75) is 24.0 Å². The third-order valence-corrected chi connectivity index (χ3v) is 5.52. The molecule has 1 aliphatic rings. The molecular formula is C19H21N3O4S. The lowest BCUT2D eigenvalue weighted by atomic mass is 9.99. The number of anilines is 2. The standard InChI is InChI=1S/C19H21N3O4S/c1-3-26-19(24)16-17(27-11-12-8-9-21-15(20)10-12)18(23)22(16)13-4-6-14(25-2)7-5-13/h4-10,16-17H,3,11H2,1-2H3,(H2,20,21)/t16-,17+/m0/s1. The van der Waals surface area contributed by atoms with E-state index in [9.17, 15) is 9.59 Å². The zero-order chi connectivity index (χ0) is 19.4. The van der Waals surface area contributed by atoms with E-state index in [-0.39, 0.29) is 12.5 Å². The molecule has 2 N–H and O–H groups in total. The Morgan fingerprint density at radius 3 is 2.67 bits per heavy atom. The number of nitrogens with two attached hydrogens (primary N) is 1. The van der Waals surface area contributed by atoms with E-state index in [0.717, 1.165) is 5.56 Å². The minimum atomic E-state index is -0.657. The fourth-order valence-electron chi connectivity index (χ4n) is 2.88. The molecule has 1 amide bonds. The molecule has 8 heteroatoms. The quantitative estimate of drug-likeness (QED) is 0.575. The summed E-state index contributed by atoms with van der Waals surface area (Å²) in [7, 11) is 1.57. The van der Waals surface area contributed by atoms with E-state index in [4.69, 9.17) is 15.2 Å². The summed E-state index contributed by atoms with van der Waals surface area (Å²) < 4.78 is 10.3. The van der Waals surface area contributed by atoms with Gasteiger partial charge in [0.2, 0.25) is 5.91 Å². The van der Waals surface area contributed by atoms with Gasteiger partial charge in [-0.05, 0) is 48.9 Å². The van der Waals surface area contributed by atoms with Gasteiger partial charge in [-0.2, -0.15) is 0 Å². The highest BCUT2D eigenvalue weighted by Crippen LogP contribution is 2.38. The number of hydrogen-bond donors (Lipinski definition) is 1. The van der Waals surface area contributed by atoms with Crippen LogP contribution in [0.5, 0.6) is 5.75 Å². The number of amides is 1. The van der Waals surface area contributed by atoms with Crippen molar-refractivity contribution in [2.24, 2.45) is 0 Å². The first-order valence-electron chi connectivity index (χ1n) is 8.51. The zero-order valence-corrected chi connectivity index (χ0v) is 15.9. The van der Waals surface area contributed by atoms with E-state index in [0.29, 0.717) is 23.0 Å². The molecule has 0 aliphatic carbocycles. The molecule has 0 spiro atoms. The number of carbonyl (C=O) groups is 2. The number of esters is 1. The molecule has 1 saturated heterocycles. The molecule has 7 nitrogen and oxygen atoms in total. The number of benzene rings is 1. The van der Waals surface area contributed by atoms with E-state index in [2.05, 4.69) is 4.98 Å². The van der Waals surface area contributed by atoms with Crippen molar-refractivity contribution in [3.63, 3.8) is 0 Å². The van der Waals surface area contributed by atoms with Crippen LogP contribution in [0.25, 0.3) is 0 Å². The number of ether oxygens (including phenoxy) is 2. The molecule has 3 rings (SSSR count). The molecule has 27 heavy (non-hydrogen) atoms. The summed E-state index contributed by atoms with van der Waals surface area (Å²) >= 11 is 1.40. The van der Waals surface area contributed by atoms with Crippen molar-refractivity contribution in [1.29, 1.82) is 0 Å². The molecule has 0 saturated carbocycles. The van der Waals surface area contributed by atoms with E-state index < -0.39 is 17.3 Å². The second kappa shape index (κ2) is 8.30. The smallest absolute Gasteiger partial charge is 0.330 e. The first-order valence-corrected chi connectivity index (χ1v) is 9.55. The fourth-order valence-corrected chi connectivity index (χ4v) is 4.11. The average Bonchev–Trinajstić information content (AvgIpc) is 2.66. The van der Waals surface area contributed by atoms with Crippen molar-refractivity contribution < 1.29 is 19.1 Å². The van der Waals surface area contributed by atoms with Gasteiger partial charge in [0, 0.05) is 17.6 Å². The summed E-state index contributed by atoms with van der Waals surface area (Å²) in [6.45, 7) is 2.01. The maximum absolute atomic E-state index is 12.8. The summed E-state index contributed by atoms with van der Waals surface area (Å²) in [5, 5.41) is -0.499. The van der Waals surface area contributed by atoms with Crippen LogP contribution in [0, 0.1) is 0 Å². The summed E-state index contributed by atoms with van der Waals surface area (Å²) in [5.74, 6) is 1.13. The van der Waals surface area contributed by atoms with Gasteiger partial charge in [0.05, 0.1) is 13.7 Å². The molecule has 0 unspecified atom stereocenters. The van der Waals surface area contributed by atoms with E-state index >= 15 is 0 Å². The maximum atomic E-state index is 12.8. The van der Waals surface area contributed by atoms with Crippen LogP contribution in [-0.4, -0.2) is 41.9 Å².